The molecule has 2 N–H and O–H groups in total. The summed E-state index contributed by atoms with van der Waals surface area (Å²) in [5, 5.41) is 7.90. The van der Waals surface area contributed by atoms with Crippen LogP contribution in [0.25, 0.3) is 0 Å². The maximum Gasteiger partial charge on any atom is 0.191 e. The van der Waals surface area contributed by atoms with Crippen LogP contribution in [-0.4, -0.2) is 24.9 Å². The van der Waals surface area contributed by atoms with Crippen molar-refractivity contribution in [2.75, 3.05) is 23.8 Å². The normalized spacial score (nSPS) is 10.7. The predicted octanol–water partition coefficient (Wildman–Crippen LogP) is 4.81. The SMILES string of the molecule is CCCCN(C)c1ccc(C=NNC(=S)Nc2ccccc2CC)cc1. The molecule has 0 heterocycles. The summed E-state index contributed by atoms with van der Waals surface area (Å²) >= 11 is 5.31. The molecule has 138 valence electrons. The van der Waals surface area contributed by atoms with Crippen molar-refractivity contribution >= 4 is 34.9 Å². The van der Waals surface area contributed by atoms with Crippen LogP contribution in [0.3, 0.4) is 0 Å². The van der Waals surface area contributed by atoms with E-state index in [4.69, 9.17) is 12.2 Å². The number of nitrogens with one attached hydrogen (secondary N) is 2. The van der Waals surface area contributed by atoms with Crippen molar-refractivity contribution in [3.05, 3.63) is 59.7 Å². The smallest absolute Gasteiger partial charge is 0.191 e. The summed E-state index contributed by atoms with van der Waals surface area (Å²) in [6.07, 6.45) is 5.14. The first-order valence-electron chi connectivity index (χ1n) is 9.13. The van der Waals surface area contributed by atoms with Gasteiger partial charge in [-0.15, -0.1) is 0 Å². The largest absolute Gasteiger partial charge is 0.375 e. The van der Waals surface area contributed by atoms with Crippen molar-refractivity contribution in [2.24, 2.45) is 5.10 Å². The number of anilines is 2. The first-order chi connectivity index (χ1) is 12.6. The molecule has 2 aromatic rings. The molecule has 0 bridgehead atoms. The number of para-hydroxylation sites is 1. The van der Waals surface area contributed by atoms with Crippen LogP contribution >= 0.6 is 12.2 Å². The van der Waals surface area contributed by atoms with Gasteiger partial charge in [-0.25, -0.2) is 0 Å². The van der Waals surface area contributed by atoms with Gasteiger partial charge in [0, 0.05) is 25.0 Å². The maximum atomic E-state index is 5.31. The van der Waals surface area contributed by atoms with Crippen LogP contribution in [0.4, 0.5) is 11.4 Å². The molecule has 0 unspecified atom stereocenters. The number of thiocarbonyl (C=S) groups is 1. The van der Waals surface area contributed by atoms with Crippen LogP contribution in [0.15, 0.2) is 53.6 Å². The van der Waals surface area contributed by atoms with Crippen LogP contribution in [0.2, 0.25) is 0 Å². The van der Waals surface area contributed by atoms with Gasteiger partial charge in [-0.3, -0.25) is 5.43 Å². The Morgan fingerprint density at radius 2 is 1.85 bits per heavy atom. The number of benzene rings is 2. The molecule has 0 aliphatic rings. The standard InChI is InChI=1S/C21H28N4S/c1-4-6-15-25(3)19-13-11-17(12-14-19)16-22-24-21(26)23-20-10-8-7-9-18(20)5-2/h7-14,16H,4-6,15H2,1-3H3,(H2,23,24,26). The number of aryl methyl sites for hydroxylation is 1. The van der Waals surface area contributed by atoms with Gasteiger partial charge in [0.2, 0.25) is 0 Å². The van der Waals surface area contributed by atoms with E-state index in [1.54, 1.807) is 6.21 Å². The molecule has 0 radical (unpaired) electrons. The second kappa shape index (κ2) is 10.6. The van der Waals surface area contributed by atoms with E-state index in [1.165, 1.54) is 24.1 Å². The molecule has 0 amide bonds. The van der Waals surface area contributed by atoms with Crippen LogP contribution < -0.4 is 15.6 Å². The lowest BCUT2D eigenvalue weighted by Crippen LogP contribution is -2.24. The Morgan fingerprint density at radius 3 is 2.54 bits per heavy atom. The number of rotatable bonds is 8. The Bertz CT molecular complexity index is 725. The van der Waals surface area contributed by atoms with E-state index in [0.29, 0.717) is 5.11 Å². The molecule has 0 aliphatic carbocycles. The summed E-state index contributed by atoms with van der Waals surface area (Å²) in [5.41, 5.74) is 7.37. The van der Waals surface area contributed by atoms with Gasteiger partial charge in [-0.05, 0) is 54.4 Å². The fraction of sp³-hybridized carbons (Fsp3) is 0.333. The van der Waals surface area contributed by atoms with E-state index >= 15 is 0 Å². The second-order valence-corrected chi connectivity index (χ2v) is 6.61. The van der Waals surface area contributed by atoms with Gasteiger partial charge in [0.1, 0.15) is 0 Å². The first-order valence-corrected chi connectivity index (χ1v) is 9.54. The van der Waals surface area contributed by atoms with Crippen molar-refractivity contribution in [1.82, 2.24) is 5.43 Å². The fourth-order valence-corrected chi connectivity index (χ4v) is 2.77. The zero-order valence-corrected chi connectivity index (χ0v) is 16.6. The van der Waals surface area contributed by atoms with Crippen molar-refractivity contribution < 1.29 is 0 Å². The average molecular weight is 369 g/mol. The molecular formula is C21H28N4S. The Kier molecular flexibility index (Phi) is 8.09. The lowest BCUT2D eigenvalue weighted by molar-refractivity contribution is 0.767. The van der Waals surface area contributed by atoms with E-state index in [1.807, 2.05) is 18.2 Å². The number of unbranched alkanes of at least 4 members (excludes halogenated alkanes) is 1. The van der Waals surface area contributed by atoms with Crippen molar-refractivity contribution in [1.29, 1.82) is 0 Å². The average Bonchev–Trinajstić information content (AvgIpc) is 2.67. The van der Waals surface area contributed by atoms with E-state index < -0.39 is 0 Å². The highest BCUT2D eigenvalue weighted by molar-refractivity contribution is 7.80. The van der Waals surface area contributed by atoms with Gasteiger partial charge >= 0.3 is 0 Å². The van der Waals surface area contributed by atoms with Crippen LogP contribution in [0.1, 0.15) is 37.8 Å². The van der Waals surface area contributed by atoms with Crippen LogP contribution in [0, 0.1) is 0 Å². The van der Waals surface area contributed by atoms with E-state index in [9.17, 15) is 0 Å². The summed E-state index contributed by atoms with van der Waals surface area (Å²) in [6.45, 7) is 5.41. The van der Waals surface area contributed by atoms with Crippen molar-refractivity contribution in [3.8, 4) is 0 Å². The molecule has 0 aromatic heterocycles. The molecule has 2 rings (SSSR count). The first kappa shape index (κ1) is 19.9. The molecule has 0 saturated heterocycles. The fourth-order valence-electron chi connectivity index (χ4n) is 2.61. The molecule has 4 nitrogen and oxygen atoms in total. The third-order valence-corrected chi connectivity index (χ3v) is 4.40. The Labute approximate surface area is 162 Å². The lowest BCUT2D eigenvalue weighted by atomic mass is 10.1. The van der Waals surface area contributed by atoms with Gasteiger partial charge in [0.05, 0.1) is 6.21 Å². The predicted molar refractivity (Wildman–Crippen MR) is 117 cm³/mol. The lowest BCUT2D eigenvalue weighted by Gasteiger charge is -2.18. The van der Waals surface area contributed by atoms with E-state index in [-0.39, 0.29) is 0 Å². The quantitative estimate of drug-likeness (QED) is 0.399. The summed E-state index contributed by atoms with van der Waals surface area (Å²) in [6, 6.07) is 16.5. The number of hydrogen-bond donors (Lipinski definition) is 2. The topological polar surface area (TPSA) is 39.7 Å². The number of nitrogens with zero attached hydrogens (tertiary/aromatic N) is 2. The summed E-state index contributed by atoms with van der Waals surface area (Å²) in [4.78, 5) is 2.27. The van der Waals surface area contributed by atoms with Gasteiger partial charge in [0.25, 0.3) is 0 Å². The van der Waals surface area contributed by atoms with Crippen molar-refractivity contribution in [3.63, 3.8) is 0 Å². The molecule has 0 atom stereocenters. The van der Waals surface area contributed by atoms with Gasteiger partial charge in [-0.2, -0.15) is 5.10 Å². The van der Waals surface area contributed by atoms with Gasteiger partial charge < -0.3 is 10.2 Å². The minimum Gasteiger partial charge on any atom is -0.375 e. The molecule has 26 heavy (non-hydrogen) atoms. The minimum absolute atomic E-state index is 0.484. The summed E-state index contributed by atoms with van der Waals surface area (Å²) in [5.74, 6) is 0. The molecular weight excluding hydrogens is 340 g/mol. The van der Waals surface area contributed by atoms with E-state index in [0.717, 1.165) is 24.2 Å². The summed E-state index contributed by atoms with van der Waals surface area (Å²) in [7, 11) is 2.12. The highest BCUT2D eigenvalue weighted by atomic mass is 32.1. The van der Waals surface area contributed by atoms with Gasteiger partial charge in [0.15, 0.2) is 5.11 Å². The minimum atomic E-state index is 0.484. The highest BCUT2D eigenvalue weighted by Crippen LogP contribution is 2.15. The Morgan fingerprint density at radius 1 is 1.12 bits per heavy atom. The monoisotopic (exact) mass is 368 g/mol. The summed E-state index contributed by atoms with van der Waals surface area (Å²) < 4.78 is 0. The molecule has 0 saturated carbocycles. The van der Waals surface area contributed by atoms with Crippen LogP contribution in [-0.2, 0) is 6.42 Å². The molecule has 0 spiro atoms. The van der Waals surface area contributed by atoms with E-state index in [2.05, 4.69) is 72.0 Å². The molecule has 5 heteroatoms. The zero-order valence-electron chi connectivity index (χ0n) is 15.8. The third kappa shape index (κ3) is 6.15. The molecule has 0 aliphatic heterocycles. The zero-order chi connectivity index (χ0) is 18.8. The van der Waals surface area contributed by atoms with Gasteiger partial charge in [-0.1, -0.05) is 50.6 Å². The molecule has 2 aromatic carbocycles. The highest BCUT2D eigenvalue weighted by Gasteiger charge is 2.02. The third-order valence-electron chi connectivity index (χ3n) is 4.21. The van der Waals surface area contributed by atoms with Crippen LogP contribution in [0.5, 0.6) is 0 Å². The Hall–Kier alpha value is -2.40. The number of hydrazone groups is 1. The number of hydrogen-bond acceptors (Lipinski definition) is 3. The molecule has 0 fully saturated rings. The second-order valence-electron chi connectivity index (χ2n) is 6.20. The maximum absolute atomic E-state index is 5.31. The Balaban J connectivity index is 1.86. The van der Waals surface area contributed by atoms with Crippen molar-refractivity contribution in [2.45, 2.75) is 33.1 Å².